The van der Waals surface area contributed by atoms with Crippen molar-refractivity contribution in [2.45, 2.75) is 77.2 Å². The van der Waals surface area contributed by atoms with Crippen LogP contribution in [-0.4, -0.2) is 51.3 Å². The maximum Gasteiger partial charge on any atom is 0.354 e. The highest BCUT2D eigenvalue weighted by Crippen LogP contribution is 2.36. The van der Waals surface area contributed by atoms with Crippen molar-refractivity contribution < 1.29 is 22.4 Å². The fraction of sp³-hybridized carbons (Fsp3) is 0.560. The fourth-order valence-corrected chi connectivity index (χ4v) is 6.66. The molecule has 0 radical (unpaired) electrons. The summed E-state index contributed by atoms with van der Waals surface area (Å²) in [5.41, 5.74) is 2.97. The van der Waals surface area contributed by atoms with Crippen LogP contribution in [0.3, 0.4) is 0 Å². The van der Waals surface area contributed by atoms with Crippen molar-refractivity contribution in [2.24, 2.45) is 0 Å². The molecule has 9 heteroatoms. The summed E-state index contributed by atoms with van der Waals surface area (Å²) in [4.78, 5) is 12.9. The maximum atomic E-state index is 13.7. The molecule has 34 heavy (non-hydrogen) atoms. The van der Waals surface area contributed by atoms with Gasteiger partial charge in [0.25, 0.3) is 0 Å². The number of esters is 1. The topological polar surface area (TPSA) is 77.8 Å². The van der Waals surface area contributed by atoms with Crippen LogP contribution in [0.15, 0.2) is 35.2 Å². The molecule has 0 unspecified atom stereocenters. The monoisotopic (exact) mass is 506 g/mol. The minimum atomic E-state index is -3.79. The van der Waals surface area contributed by atoms with Gasteiger partial charge in [0, 0.05) is 25.3 Å². The second-order valence-corrected chi connectivity index (χ2v) is 17.0. The van der Waals surface area contributed by atoms with E-state index in [9.17, 15) is 13.2 Å². The van der Waals surface area contributed by atoms with Gasteiger partial charge in [-0.2, -0.15) is 4.31 Å². The standard InChI is InChI=1S/C25H38N2O5SSi/c1-8-31-24(28)22-17-23(19(2)27(22)15-16-32-34(6,7)25(3,4)5)33(29,30)26-14-13-20-11-9-10-12-21(20)18-26/h9-12,17H,8,13-16,18H2,1-7H3. The number of aromatic nitrogens is 1. The van der Waals surface area contributed by atoms with Crippen LogP contribution in [0, 0.1) is 6.92 Å². The highest BCUT2D eigenvalue weighted by Gasteiger charge is 2.37. The van der Waals surface area contributed by atoms with Gasteiger partial charge in [0.15, 0.2) is 8.32 Å². The molecular weight excluding hydrogens is 468 g/mol. The normalized spacial score (nSPS) is 15.3. The first-order valence-electron chi connectivity index (χ1n) is 11.9. The molecule has 7 nitrogen and oxygen atoms in total. The lowest BCUT2D eigenvalue weighted by Crippen LogP contribution is -2.41. The zero-order chi connectivity index (χ0) is 25.3. The molecule has 3 rings (SSSR count). The van der Waals surface area contributed by atoms with Gasteiger partial charge in [0.2, 0.25) is 10.0 Å². The molecule has 1 aromatic carbocycles. The molecule has 1 aliphatic heterocycles. The Bertz CT molecular complexity index is 1150. The van der Waals surface area contributed by atoms with E-state index in [0.717, 1.165) is 5.56 Å². The van der Waals surface area contributed by atoms with E-state index in [-0.39, 0.29) is 22.2 Å². The number of ether oxygens (including phenoxy) is 1. The maximum absolute atomic E-state index is 13.7. The molecule has 188 valence electrons. The molecule has 2 heterocycles. The summed E-state index contributed by atoms with van der Waals surface area (Å²) in [6.07, 6.45) is 0.667. The van der Waals surface area contributed by atoms with Crippen molar-refractivity contribution in [3.8, 4) is 0 Å². The zero-order valence-electron chi connectivity index (χ0n) is 21.5. The van der Waals surface area contributed by atoms with Crippen LogP contribution in [0.2, 0.25) is 18.1 Å². The molecule has 0 bridgehead atoms. The first kappa shape index (κ1) is 26.7. The summed E-state index contributed by atoms with van der Waals surface area (Å²) >= 11 is 0. The zero-order valence-corrected chi connectivity index (χ0v) is 23.3. The number of fused-ring (bicyclic) bond motifs is 1. The number of benzene rings is 1. The summed E-state index contributed by atoms with van der Waals surface area (Å²) in [6.45, 7) is 16.1. The highest BCUT2D eigenvalue weighted by molar-refractivity contribution is 7.89. The van der Waals surface area contributed by atoms with Gasteiger partial charge in [-0.15, -0.1) is 0 Å². The first-order chi connectivity index (χ1) is 15.8. The molecule has 0 aliphatic carbocycles. The predicted octanol–water partition coefficient (Wildman–Crippen LogP) is 4.74. The average molecular weight is 507 g/mol. The van der Waals surface area contributed by atoms with Gasteiger partial charge in [0.05, 0.1) is 13.2 Å². The second kappa shape index (κ2) is 9.97. The van der Waals surface area contributed by atoms with Crippen molar-refractivity contribution in [1.82, 2.24) is 8.87 Å². The smallest absolute Gasteiger partial charge is 0.354 e. The number of rotatable bonds is 8. The van der Waals surface area contributed by atoms with E-state index >= 15 is 0 Å². The summed E-state index contributed by atoms with van der Waals surface area (Å²) < 4.78 is 42.1. The molecule has 0 amide bonds. The number of carbonyl (C=O) groups excluding carboxylic acids is 1. The van der Waals surface area contributed by atoms with E-state index in [1.807, 2.05) is 24.3 Å². The molecule has 2 aromatic rings. The van der Waals surface area contributed by atoms with Gasteiger partial charge >= 0.3 is 5.97 Å². The molecule has 0 N–H and O–H groups in total. The Labute approximate surface area is 205 Å². The fourth-order valence-electron chi connectivity index (χ4n) is 3.97. The van der Waals surface area contributed by atoms with Crippen LogP contribution < -0.4 is 0 Å². The Morgan fingerprint density at radius 2 is 1.79 bits per heavy atom. The van der Waals surface area contributed by atoms with E-state index < -0.39 is 24.3 Å². The van der Waals surface area contributed by atoms with Crippen molar-refractivity contribution in [3.63, 3.8) is 0 Å². The Balaban J connectivity index is 1.92. The molecule has 0 fully saturated rings. The van der Waals surface area contributed by atoms with Gasteiger partial charge in [-0.1, -0.05) is 45.0 Å². The average Bonchev–Trinajstić information content (AvgIpc) is 3.10. The summed E-state index contributed by atoms with van der Waals surface area (Å²) in [7, 11) is -5.77. The quantitative estimate of drug-likeness (QED) is 0.382. The number of sulfonamides is 1. The Morgan fingerprint density at radius 1 is 1.15 bits per heavy atom. The Morgan fingerprint density at radius 3 is 2.41 bits per heavy atom. The molecule has 1 aromatic heterocycles. The Hall–Kier alpha value is -1.94. The van der Waals surface area contributed by atoms with Crippen LogP contribution in [0.5, 0.6) is 0 Å². The minimum absolute atomic E-state index is 0.0573. The van der Waals surface area contributed by atoms with E-state index in [2.05, 4.69) is 33.9 Å². The number of hydrogen-bond donors (Lipinski definition) is 0. The lowest BCUT2D eigenvalue weighted by atomic mass is 10.0. The van der Waals surface area contributed by atoms with Crippen molar-refractivity contribution in [1.29, 1.82) is 0 Å². The van der Waals surface area contributed by atoms with Gasteiger partial charge in [-0.25, -0.2) is 13.2 Å². The molecular formula is C25H38N2O5SSi. The lowest BCUT2D eigenvalue weighted by molar-refractivity contribution is 0.0512. The molecule has 0 spiro atoms. The third kappa shape index (κ3) is 5.32. The summed E-state index contributed by atoms with van der Waals surface area (Å²) in [5.74, 6) is -0.525. The van der Waals surface area contributed by atoms with Crippen molar-refractivity contribution >= 4 is 24.3 Å². The number of hydrogen-bond acceptors (Lipinski definition) is 5. The van der Waals surface area contributed by atoms with E-state index in [1.54, 1.807) is 18.4 Å². The van der Waals surface area contributed by atoms with E-state index in [1.165, 1.54) is 15.9 Å². The van der Waals surface area contributed by atoms with Gasteiger partial charge in [0.1, 0.15) is 10.6 Å². The van der Waals surface area contributed by atoms with Gasteiger partial charge < -0.3 is 13.7 Å². The van der Waals surface area contributed by atoms with E-state index in [0.29, 0.717) is 38.4 Å². The number of nitrogens with zero attached hydrogens (tertiary/aromatic N) is 2. The second-order valence-electron chi connectivity index (χ2n) is 10.3. The largest absolute Gasteiger partial charge is 0.461 e. The first-order valence-corrected chi connectivity index (χ1v) is 16.2. The SMILES string of the molecule is CCOC(=O)c1cc(S(=O)(=O)N2CCc3ccccc3C2)c(C)n1CCO[Si](C)(C)C(C)(C)C. The molecule has 1 aliphatic rings. The molecule has 0 atom stereocenters. The summed E-state index contributed by atoms with van der Waals surface area (Å²) in [6, 6.07) is 9.39. The molecule has 0 saturated carbocycles. The Kier molecular flexibility index (Phi) is 7.81. The summed E-state index contributed by atoms with van der Waals surface area (Å²) in [5, 5.41) is 0.0573. The highest BCUT2D eigenvalue weighted by atomic mass is 32.2. The van der Waals surface area contributed by atoms with Crippen LogP contribution in [-0.2, 0) is 38.7 Å². The van der Waals surface area contributed by atoms with Crippen molar-refractivity contribution in [2.75, 3.05) is 19.8 Å². The predicted molar refractivity (Wildman–Crippen MR) is 136 cm³/mol. The van der Waals surface area contributed by atoms with E-state index in [4.69, 9.17) is 9.16 Å². The van der Waals surface area contributed by atoms with Crippen LogP contribution in [0.1, 0.15) is 55.0 Å². The van der Waals surface area contributed by atoms with Crippen LogP contribution in [0.25, 0.3) is 0 Å². The van der Waals surface area contributed by atoms with Gasteiger partial charge in [-0.05, 0) is 55.6 Å². The van der Waals surface area contributed by atoms with Crippen LogP contribution >= 0.6 is 0 Å². The molecule has 0 saturated heterocycles. The lowest BCUT2D eigenvalue weighted by Gasteiger charge is -2.36. The minimum Gasteiger partial charge on any atom is -0.461 e. The third-order valence-corrected chi connectivity index (χ3v) is 13.6. The van der Waals surface area contributed by atoms with Crippen molar-refractivity contribution in [3.05, 3.63) is 52.8 Å². The van der Waals surface area contributed by atoms with Gasteiger partial charge in [-0.3, -0.25) is 0 Å². The van der Waals surface area contributed by atoms with Crippen LogP contribution in [0.4, 0.5) is 0 Å². The third-order valence-electron chi connectivity index (χ3n) is 7.10. The number of carbonyl (C=O) groups is 1.